The first kappa shape index (κ1) is 29.6. The average Bonchev–Trinajstić information content (AvgIpc) is 3.72. The Morgan fingerprint density at radius 3 is 2.45 bits per heavy atom. The van der Waals surface area contributed by atoms with Crippen LogP contribution in [0, 0.1) is 23.7 Å². The van der Waals surface area contributed by atoms with Crippen molar-refractivity contribution >= 4 is 35.7 Å². The Bertz CT molecular complexity index is 1510. The van der Waals surface area contributed by atoms with Gasteiger partial charge in [0.15, 0.2) is 0 Å². The van der Waals surface area contributed by atoms with Crippen LogP contribution in [0.1, 0.15) is 73.0 Å². The average molecular weight is 549 g/mol. The van der Waals surface area contributed by atoms with E-state index in [9.17, 15) is 5.11 Å². The summed E-state index contributed by atoms with van der Waals surface area (Å²) in [7, 11) is 0. The predicted molar refractivity (Wildman–Crippen MR) is 171 cm³/mol. The van der Waals surface area contributed by atoms with Crippen LogP contribution in [-0.2, 0) is 18.4 Å². The van der Waals surface area contributed by atoms with Crippen molar-refractivity contribution in [1.29, 1.82) is 5.26 Å². The van der Waals surface area contributed by atoms with E-state index in [-0.39, 0.29) is 0 Å². The Balaban J connectivity index is 0.000000398. The zero-order chi connectivity index (χ0) is 28.6. The maximum Gasteiger partial charge on any atom is 0.0843 e. The molecule has 1 fully saturated rings. The summed E-state index contributed by atoms with van der Waals surface area (Å²) in [6.07, 6.45) is 10.4. The molecule has 0 atom stereocenters. The van der Waals surface area contributed by atoms with Crippen LogP contribution in [0.25, 0.3) is 23.1 Å². The van der Waals surface area contributed by atoms with Crippen molar-refractivity contribution < 1.29 is 5.11 Å². The molecule has 0 aliphatic heterocycles. The molecule has 0 amide bonds. The van der Waals surface area contributed by atoms with Gasteiger partial charge < -0.3 is 5.11 Å². The minimum absolute atomic E-state index is 0.345. The number of aryl methyl sites for hydroxylation is 3. The highest BCUT2D eigenvalue weighted by Crippen LogP contribution is 2.49. The van der Waals surface area contributed by atoms with Gasteiger partial charge in [-0.2, -0.15) is 17.9 Å². The lowest BCUT2D eigenvalue weighted by Gasteiger charge is -2.21. The van der Waals surface area contributed by atoms with Gasteiger partial charge in [0.1, 0.15) is 0 Å². The topological polar surface area (TPSA) is 56.9 Å². The maximum atomic E-state index is 10.4. The van der Waals surface area contributed by atoms with Crippen molar-refractivity contribution in [3.63, 3.8) is 0 Å². The number of thiol groups is 1. The highest BCUT2D eigenvalue weighted by molar-refractivity contribution is 7.80. The molecular formula is C36H40N2OS. The molecule has 0 radical (unpaired) electrons. The summed E-state index contributed by atoms with van der Waals surface area (Å²) in [5.41, 5.74) is 7.53. The van der Waals surface area contributed by atoms with E-state index in [0.717, 1.165) is 41.8 Å². The molecule has 1 aromatic heterocycles. The molecule has 4 heteroatoms. The minimum atomic E-state index is -0.809. The van der Waals surface area contributed by atoms with Gasteiger partial charge in [-0.15, -0.1) is 0 Å². The van der Waals surface area contributed by atoms with Crippen LogP contribution in [-0.4, -0.2) is 15.8 Å². The normalized spacial score (nSPS) is 14.0. The van der Waals surface area contributed by atoms with Crippen molar-refractivity contribution in [2.24, 2.45) is 5.41 Å². The molecule has 5 rings (SSSR count). The summed E-state index contributed by atoms with van der Waals surface area (Å²) in [6.45, 7) is 5.80. The Morgan fingerprint density at radius 1 is 0.975 bits per heavy atom. The Labute approximate surface area is 245 Å². The highest BCUT2D eigenvalue weighted by Gasteiger charge is 2.40. The number of benzene rings is 3. The fraction of sp³-hybridized carbons (Fsp3) is 0.333. The molecule has 0 spiro atoms. The third-order valence-electron chi connectivity index (χ3n) is 7.60. The lowest BCUT2D eigenvalue weighted by Crippen LogP contribution is -2.18. The van der Waals surface area contributed by atoms with E-state index in [1.165, 1.54) is 40.5 Å². The van der Waals surface area contributed by atoms with Crippen LogP contribution in [0.4, 0.5) is 0 Å². The molecule has 1 heterocycles. The van der Waals surface area contributed by atoms with Crippen LogP contribution >= 0.6 is 12.6 Å². The summed E-state index contributed by atoms with van der Waals surface area (Å²) in [5, 5.41) is 19.9. The first-order valence-electron chi connectivity index (χ1n) is 14.1. The fourth-order valence-corrected chi connectivity index (χ4v) is 5.35. The molecule has 40 heavy (non-hydrogen) atoms. The van der Waals surface area contributed by atoms with E-state index in [1.807, 2.05) is 26.0 Å². The summed E-state index contributed by atoms with van der Waals surface area (Å²) in [4.78, 5) is 4.78. The summed E-state index contributed by atoms with van der Waals surface area (Å²) >= 11 is 4.15. The summed E-state index contributed by atoms with van der Waals surface area (Å²) in [6, 6.07) is 29.6. The van der Waals surface area contributed by atoms with Crippen molar-refractivity contribution in [1.82, 2.24) is 4.98 Å². The zero-order valence-corrected chi connectivity index (χ0v) is 24.8. The Morgan fingerprint density at radius 2 is 1.75 bits per heavy atom. The van der Waals surface area contributed by atoms with Gasteiger partial charge in [0, 0.05) is 11.8 Å². The molecule has 206 valence electrons. The molecule has 0 unspecified atom stereocenters. The van der Waals surface area contributed by atoms with Gasteiger partial charge in [-0.1, -0.05) is 72.8 Å². The highest BCUT2D eigenvalue weighted by atomic mass is 32.1. The number of aromatic nitrogens is 1. The van der Waals surface area contributed by atoms with E-state index in [0.29, 0.717) is 11.8 Å². The number of hydrogen-bond donors (Lipinski definition) is 2. The van der Waals surface area contributed by atoms with Gasteiger partial charge in [-0.05, 0) is 110 Å². The smallest absolute Gasteiger partial charge is 0.0843 e. The molecule has 3 aromatic carbocycles. The number of hydrogen-bond acceptors (Lipinski definition) is 4. The van der Waals surface area contributed by atoms with Crippen molar-refractivity contribution in [3.8, 4) is 6.07 Å². The number of rotatable bonds is 9. The molecule has 0 bridgehead atoms. The van der Waals surface area contributed by atoms with E-state index in [1.54, 1.807) is 0 Å². The van der Waals surface area contributed by atoms with Crippen molar-refractivity contribution in [3.05, 3.63) is 112 Å². The van der Waals surface area contributed by atoms with E-state index in [4.69, 9.17) is 10.2 Å². The standard InChI is InChI=1S/C30H31NO.C6H9NS/c1-22-14-16-26-17-19-27(31-29(26)20-22)18-15-24-9-6-8-23(21-24)10-7-12-25-11-4-5-13-28(25)30(2,3)32;7-4-3-6(5-8)1-2-6/h4-6,8-9,11,13-21,32H,7,10,12H2,1-3H3;8H,1-3,5H2/b18-15+;. The minimum Gasteiger partial charge on any atom is -0.386 e. The van der Waals surface area contributed by atoms with Gasteiger partial charge in [-0.3, -0.25) is 0 Å². The van der Waals surface area contributed by atoms with Crippen LogP contribution in [0.2, 0.25) is 0 Å². The summed E-state index contributed by atoms with van der Waals surface area (Å²) in [5.74, 6) is 0.889. The summed E-state index contributed by atoms with van der Waals surface area (Å²) < 4.78 is 0. The third-order valence-corrected chi connectivity index (χ3v) is 8.27. The number of pyridine rings is 1. The van der Waals surface area contributed by atoms with Gasteiger partial charge >= 0.3 is 0 Å². The predicted octanol–water partition coefficient (Wildman–Crippen LogP) is 8.73. The van der Waals surface area contributed by atoms with Crippen molar-refractivity contribution in [2.75, 3.05) is 5.75 Å². The molecule has 1 aliphatic rings. The first-order valence-corrected chi connectivity index (χ1v) is 14.8. The number of aliphatic hydroxyl groups is 1. The maximum absolute atomic E-state index is 10.4. The largest absolute Gasteiger partial charge is 0.386 e. The monoisotopic (exact) mass is 548 g/mol. The van der Waals surface area contributed by atoms with Gasteiger partial charge in [0.05, 0.1) is 22.9 Å². The Kier molecular flexibility index (Phi) is 9.85. The van der Waals surface area contributed by atoms with Crippen LogP contribution < -0.4 is 0 Å². The molecule has 1 aliphatic carbocycles. The molecule has 1 N–H and O–H groups in total. The van der Waals surface area contributed by atoms with E-state index >= 15 is 0 Å². The number of nitriles is 1. The van der Waals surface area contributed by atoms with Gasteiger partial charge in [0.25, 0.3) is 0 Å². The molecule has 0 saturated heterocycles. The van der Waals surface area contributed by atoms with Crippen LogP contribution in [0.15, 0.2) is 78.9 Å². The lowest BCUT2D eigenvalue weighted by molar-refractivity contribution is 0.0776. The van der Waals surface area contributed by atoms with Crippen LogP contribution in [0.3, 0.4) is 0 Å². The second-order valence-electron chi connectivity index (χ2n) is 11.6. The lowest BCUT2D eigenvalue weighted by atomic mass is 9.90. The molecular weight excluding hydrogens is 508 g/mol. The fourth-order valence-electron chi connectivity index (χ4n) is 4.92. The third kappa shape index (κ3) is 8.31. The molecule has 3 nitrogen and oxygen atoms in total. The Hall–Kier alpha value is -3.39. The second kappa shape index (κ2) is 13.3. The SMILES string of the molecule is Cc1ccc2ccc(/C=C/c3cccc(CCCc4ccccc4C(C)(C)O)c3)nc2c1.N#CCC1(CS)CC1. The van der Waals surface area contributed by atoms with Gasteiger partial charge in [-0.25, -0.2) is 4.98 Å². The number of fused-ring (bicyclic) bond motifs is 1. The van der Waals surface area contributed by atoms with E-state index < -0.39 is 5.60 Å². The van der Waals surface area contributed by atoms with Crippen molar-refractivity contribution in [2.45, 2.75) is 64.9 Å². The molecule has 4 aromatic rings. The second-order valence-corrected chi connectivity index (χ2v) is 11.9. The first-order chi connectivity index (χ1) is 19.2. The number of nitrogens with zero attached hydrogens (tertiary/aromatic N) is 2. The molecule has 1 saturated carbocycles. The quantitative estimate of drug-likeness (QED) is 0.206. The van der Waals surface area contributed by atoms with E-state index in [2.05, 4.69) is 105 Å². The zero-order valence-electron chi connectivity index (χ0n) is 23.9. The van der Waals surface area contributed by atoms with Crippen LogP contribution in [0.5, 0.6) is 0 Å². The van der Waals surface area contributed by atoms with Gasteiger partial charge in [0.2, 0.25) is 0 Å².